The summed E-state index contributed by atoms with van der Waals surface area (Å²) in [6.45, 7) is 1.96. The maximum Gasteiger partial charge on any atom is 0.329 e. The summed E-state index contributed by atoms with van der Waals surface area (Å²) in [6, 6.07) is 0. The SMILES string of the molecule is CCOC(=O)[C@@H]1SC(=S)NC1=O. The highest BCUT2D eigenvalue weighted by atomic mass is 32.2. The number of hydrogen-bond acceptors (Lipinski definition) is 5. The fourth-order valence-electron chi connectivity index (χ4n) is 0.729. The zero-order valence-corrected chi connectivity index (χ0v) is 7.96. The lowest BCUT2D eigenvalue weighted by atomic mass is 10.4. The van der Waals surface area contributed by atoms with Gasteiger partial charge in [0, 0.05) is 0 Å². The summed E-state index contributed by atoms with van der Waals surface area (Å²) in [5, 5.41) is 1.55. The highest BCUT2D eigenvalue weighted by Gasteiger charge is 2.36. The highest BCUT2D eigenvalue weighted by Crippen LogP contribution is 2.20. The van der Waals surface area contributed by atoms with Gasteiger partial charge in [0.05, 0.1) is 6.61 Å². The van der Waals surface area contributed by atoms with Crippen molar-refractivity contribution in [1.29, 1.82) is 0 Å². The molecule has 0 aliphatic carbocycles. The molecule has 0 spiro atoms. The summed E-state index contributed by atoms with van der Waals surface area (Å²) in [4.78, 5) is 22.0. The van der Waals surface area contributed by atoms with E-state index < -0.39 is 11.2 Å². The molecule has 1 atom stereocenters. The Morgan fingerprint density at radius 2 is 2.50 bits per heavy atom. The predicted octanol–water partition coefficient (Wildman–Crippen LogP) is 0.0660. The topological polar surface area (TPSA) is 55.4 Å². The highest BCUT2D eigenvalue weighted by molar-refractivity contribution is 8.24. The molecule has 0 aromatic heterocycles. The molecule has 1 rings (SSSR count). The number of amides is 1. The van der Waals surface area contributed by atoms with E-state index in [9.17, 15) is 9.59 Å². The lowest BCUT2D eigenvalue weighted by Crippen LogP contribution is -2.31. The first kappa shape index (κ1) is 9.47. The molecule has 1 heterocycles. The number of carbonyl (C=O) groups excluding carboxylic acids is 2. The molecular formula is C6H7NO3S2. The maximum atomic E-state index is 11.0. The normalized spacial score (nSPS) is 22.2. The Morgan fingerprint density at radius 3 is 2.92 bits per heavy atom. The molecule has 12 heavy (non-hydrogen) atoms. The van der Waals surface area contributed by atoms with Crippen LogP contribution in [-0.2, 0) is 14.3 Å². The molecule has 0 bridgehead atoms. The first-order valence-electron chi connectivity index (χ1n) is 3.33. The second kappa shape index (κ2) is 3.86. The van der Waals surface area contributed by atoms with Crippen LogP contribution in [0.4, 0.5) is 0 Å². The summed E-state index contributed by atoms with van der Waals surface area (Å²) in [7, 11) is 0. The molecule has 6 heteroatoms. The molecular weight excluding hydrogens is 198 g/mol. The number of rotatable bonds is 2. The number of hydrogen-bond donors (Lipinski definition) is 1. The van der Waals surface area contributed by atoms with Crippen molar-refractivity contribution in [3.63, 3.8) is 0 Å². The molecule has 1 amide bonds. The summed E-state index contributed by atoms with van der Waals surface area (Å²) in [5.74, 6) is -0.914. The van der Waals surface area contributed by atoms with Gasteiger partial charge < -0.3 is 10.1 Å². The second-order valence-corrected chi connectivity index (χ2v) is 3.81. The third kappa shape index (κ3) is 1.95. The zero-order chi connectivity index (χ0) is 9.14. The summed E-state index contributed by atoms with van der Waals surface area (Å²) in [6.07, 6.45) is 0. The molecule has 0 aromatic carbocycles. The van der Waals surface area contributed by atoms with Crippen LogP contribution < -0.4 is 5.32 Å². The maximum absolute atomic E-state index is 11.0. The quantitative estimate of drug-likeness (QED) is 0.392. The van der Waals surface area contributed by atoms with E-state index in [0.717, 1.165) is 11.8 Å². The van der Waals surface area contributed by atoms with Crippen molar-refractivity contribution in [2.24, 2.45) is 0 Å². The Labute approximate surface area is 79.0 Å². The molecule has 0 saturated carbocycles. The minimum atomic E-state index is -0.808. The van der Waals surface area contributed by atoms with Crippen LogP contribution in [0.15, 0.2) is 0 Å². The summed E-state index contributed by atoms with van der Waals surface area (Å²) >= 11 is 5.72. The van der Waals surface area contributed by atoms with Crippen molar-refractivity contribution in [1.82, 2.24) is 5.32 Å². The summed E-state index contributed by atoms with van der Waals surface area (Å²) < 4.78 is 5.00. The van der Waals surface area contributed by atoms with Crippen LogP contribution in [0.5, 0.6) is 0 Å². The number of esters is 1. The van der Waals surface area contributed by atoms with Gasteiger partial charge in [0.1, 0.15) is 4.32 Å². The first-order valence-corrected chi connectivity index (χ1v) is 4.62. The monoisotopic (exact) mass is 205 g/mol. The van der Waals surface area contributed by atoms with Gasteiger partial charge in [0.25, 0.3) is 0 Å². The Balaban J connectivity index is 2.58. The number of thioether (sulfide) groups is 1. The van der Waals surface area contributed by atoms with Gasteiger partial charge in [-0.25, -0.2) is 0 Å². The Bertz CT molecular complexity index is 241. The second-order valence-electron chi connectivity index (χ2n) is 2.03. The van der Waals surface area contributed by atoms with Crippen LogP contribution in [0.2, 0.25) is 0 Å². The van der Waals surface area contributed by atoms with E-state index in [4.69, 9.17) is 12.2 Å². The molecule has 1 fully saturated rings. The smallest absolute Gasteiger partial charge is 0.329 e. The molecule has 1 aliphatic rings. The van der Waals surface area contributed by atoms with E-state index in [1.807, 2.05) is 0 Å². The largest absolute Gasteiger partial charge is 0.465 e. The van der Waals surface area contributed by atoms with E-state index in [1.54, 1.807) is 6.92 Å². The number of nitrogens with one attached hydrogen (secondary N) is 1. The van der Waals surface area contributed by atoms with Gasteiger partial charge in [0.15, 0.2) is 5.25 Å². The molecule has 1 saturated heterocycles. The predicted molar refractivity (Wildman–Crippen MR) is 48.8 cm³/mol. The van der Waals surface area contributed by atoms with Crippen molar-refractivity contribution in [3.8, 4) is 0 Å². The van der Waals surface area contributed by atoms with Gasteiger partial charge in [-0.2, -0.15) is 0 Å². The minimum absolute atomic E-state index is 0.274. The van der Waals surface area contributed by atoms with Gasteiger partial charge in [0.2, 0.25) is 5.91 Å². The van der Waals surface area contributed by atoms with Crippen molar-refractivity contribution in [2.45, 2.75) is 12.2 Å². The van der Waals surface area contributed by atoms with Crippen LogP contribution >= 0.6 is 24.0 Å². The third-order valence-electron chi connectivity index (χ3n) is 1.19. The molecule has 1 N–H and O–H groups in total. The molecule has 0 unspecified atom stereocenters. The van der Waals surface area contributed by atoms with Gasteiger partial charge in [-0.05, 0) is 6.92 Å². The Hall–Kier alpha value is -0.620. The first-order chi connectivity index (χ1) is 5.65. The Morgan fingerprint density at radius 1 is 1.83 bits per heavy atom. The van der Waals surface area contributed by atoms with Crippen molar-refractivity contribution in [3.05, 3.63) is 0 Å². The van der Waals surface area contributed by atoms with E-state index in [0.29, 0.717) is 4.32 Å². The molecule has 1 aliphatic heterocycles. The van der Waals surface area contributed by atoms with Crippen molar-refractivity contribution < 1.29 is 14.3 Å². The van der Waals surface area contributed by atoms with Crippen LogP contribution in [-0.4, -0.2) is 28.1 Å². The van der Waals surface area contributed by atoms with Gasteiger partial charge in [-0.1, -0.05) is 24.0 Å². The molecule has 4 nitrogen and oxygen atoms in total. The third-order valence-corrected chi connectivity index (χ3v) is 2.54. The standard InChI is InChI=1S/C6H7NO3S2/c1-2-10-5(9)3-4(8)7-6(11)12-3/h3H,2H2,1H3,(H,7,8,11)/t3-/m1/s1. The number of ether oxygens (including phenoxy) is 1. The van der Waals surface area contributed by atoms with Crippen molar-refractivity contribution in [2.75, 3.05) is 6.61 Å². The molecule has 0 aromatic rings. The van der Waals surface area contributed by atoms with E-state index >= 15 is 0 Å². The summed E-state index contributed by atoms with van der Waals surface area (Å²) in [5.41, 5.74) is 0. The zero-order valence-electron chi connectivity index (χ0n) is 6.33. The average molecular weight is 205 g/mol. The number of thiocarbonyl (C=S) groups is 1. The fraction of sp³-hybridized carbons (Fsp3) is 0.500. The fourth-order valence-corrected chi connectivity index (χ4v) is 1.82. The lowest BCUT2D eigenvalue weighted by Gasteiger charge is -2.03. The lowest BCUT2D eigenvalue weighted by molar-refractivity contribution is -0.144. The van der Waals surface area contributed by atoms with Crippen molar-refractivity contribution >= 4 is 40.2 Å². The molecule has 0 radical (unpaired) electrons. The van der Waals surface area contributed by atoms with Gasteiger partial charge in [-0.3, -0.25) is 9.59 Å². The van der Waals surface area contributed by atoms with Crippen LogP contribution in [0.3, 0.4) is 0 Å². The average Bonchev–Trinajstić information content (AvgIpc) is 2.30. The molecule has 66 valence electrons. The van der Waals surface area contributed by atoms with Gasteiger partial charge >= 0.3 is 5.97 Å². The Kier molecular flexibility index (Phi) is 3.05. The van der Waals surface area contributed by atoms with Crippen LogP contribution in [0.25, 0.3) is 0 Å². The van der Waals surface area contributed by atoms with Crippen LogP contribution in [0.1, 0.15) is 6.92 Å². The van der Waals surface area contributed by atoms with Crippen LogP contribution in [0, 0.1) is 0 Å². The van der Waals surface area contributed by atoms with E-state index in [2.05, 4.69) is 10.1 Å². The number of carbonyl (C=O) groups is 2. The van der Waals surface area contributed by atoms with E-state index in [1.165, 1.54) is 0 Å². The van der Waals surface area contributed by atoms with E-state index in [-0.39, 0.29) is 12.5 Å². The minimum Gasteiger partial charge on any atom is -0.465 e. The van der Waals surface area contributed by atoms with Gasteiger partial charge in [-0.15, -0.1) is 0 Å².